The highest BCUT2D eigenvalue weighted by Crippen LogP contribution is 2.45. The van der Waals surface area contributed by atoms with Gasteiger partial charge in [-0.15, -0.1) is 0 Å². The lowest BCUT2D eigenvalue weighted by Gasteiger charge is -2.43. The van der Waals surface area contributed by atoms with Crippen molar-refractivity contribution in [2.24, 2.45) is 11.3 Å². The standard InChI is InChI=1S/C23H23F3N4O2/c1-32-15-22-13-29(21(31)16-4-7-28-8-5-16)9-6-18(22)12-30(14-22)19-3-2-17(11-27)20(10-19)23(24,25)26/h2-5,7-8,10,18H,6,9,12-15H2,1H3/t18-,22+/m1/s1. The minimum atomic E-state index is -4.61. The molecule has 2 saturated heterocycles. The lowest BCUT2D eigenvalue weighted by Crippen LogP contribution is -2.53. The van der Waals surface area contributed by atoms with Crippen LogP contribution in [0.3, 0.4) is 0 Å². The van der Waals surface area contributed by atoms with Crippen molar-refractivity contribution in [3.63, 3.8) is 0 Å². The maximum atomic E-state index is 13.5. The highest BCUT2D eigenvalue weighted by atomic mass is 19.4. The Balaban J connectivity index is 1.61. The number of halogens is 3. The molecule has 4 rings (SSSR count). The second-order valence-corrected chi connectivity index (χ2v) is 8.46. The molecule has 2 fully saturated rings. The van der Waals surface area contributed by atoms with Crippen LogP contribution in [0.1, 0.15) is 27.9 Å². The molecular weight excluding hydrogens is 421 g/mol. The van der Waals surface area contributed by atoms with Crippen molar-refractivity contribution in [2.75, 3.05) is 44.8 Å². The first kappa shape index (κ1) is 22.1. The molecule has 32 heavy (non-hydrogen) atoms. The van der Waals surface area contributed by atoms with Crippen LogP contribution in [0, 0.1) is 22.7 Å². The van der Waals surface area contributed by atoms with Gasteiger partial charge in [-0.1, -0.05) is 0 Å². The number of hydrogen-bond donors (Lipinski definition) is 0. The number of benzene rings is 1. The SMILES string of the molecule is COC[C@@]12CN(C(=O)c3ccncc3)CC[C@@H]1CN(c1ccc(C#N)c(C(F)(F)F)c1)C2. The molecule has 0 aliphatic carbocycles. The number of rotatable bonds is 4. The molecule has 9 heteroatoms. The lowest BCUT2D eigenvalue weighted by atomic mass is 9.74. The van der Waals surface area contributed by atoms with E-state index < -0.39 is 17.3 Å². The maximum Gasteiger partial charge on any atom is 0.417 e. The van der Waals surface area contributed by atoms with Crippen LogP contribution in [0.25, 0.3) is 0 Å². The molecule has 0 bridgehead atoms. The molecule has 2 aromatic rings. The van der Waals surface area contributed by atoms with Gasteiger partial charge in [-0.3, -0.25) is 9.78 Å². The van der Waals surface area contributed by atoms with Gasteiger partial charge in [0.2, 0.25) is 0 Å². The average molecular weight is 444 g/mol. The molecule has 0 saturated carbocycles. The summed E-state index contributed by atoms with van der Waals surface area (Å²) < 4.78 is 45.9. The summed E-state index contributed by atoms with van der Waals surface area (Å²) in [5, 5.41) is 9.07. The smallest absolute Gasteiger partial charge is 0.384 e. The van der Waals surface area contributed by atoms with E-state index in [1.807, 2.05) is 4.90 Å². The van der Waals surface area contributed by atoms with E-state index >= 15 is 0 Å². The second kappa shape index (κ2) is 8.43. The molecule has 0 unspecified atom stereocenters. The number of amides is 1. The predicted octanol–water partition coefficient (Wildman–Crippen LogP) is 3.59. The van der Waals surface area contributed by atoms with Crippen LogP contribution in [0.2, 0.25) is 0 Å². The maximum absolute atomic E-state index is 13.5. The Morgan fingerprint density at radius 1 is 1.28 bits per heavy atom. The van der Waals surface area contributed by atoms with Gasteiger partial charge in [0.25, 0.3) is 5.91 Å². The molecule has 0 N–H and O–H groups in total. The van der Waals surface area contributed by atoms with Crippen LogP contribution in [-0.2, 0) is 10.9 Å². The molecule has 6 nitrogen and oxygen atoms in total. The number of nitrogens with zero attached hydrogens (tertiary/aromatic N) is 4. The van der Waals surface area contributed by atoms with Gasteiger partial charge in [0, 0.05) is 62.3 Å². The highest BCUT2D eigenvalue weighted by Gasteiger charge is 2.51. The van der Waals surface area contributed by atoms with Crippen molar-refractivity contribution in [2.45, 2.75) is 12.6 Å². The summed E-state index contributed by atoms with van der Waals surface area (Å²) in [5.41, 5.74) is -0.723. The van der Waals surface area contributed by atoms with E-state index in [1.54, 1.807) is 48.7 Å². The van der Waals surface area contributed by atoms with E-state index in [1.165, 1.54) is 6.07 Å². The zero-order chi connectivity index (χ0) is 22.9. The third-order valence-electron chi connectivity index (χ3n) is 6.51. The van der Waals surface area contributed by atoms with Crippen molar-refractivity contribution in [3.8, 4) is 6.07 Å². The van der Waals surface area contributed by atoms with E-state index in [0.717, 1.165) is 12.5 Å². The molecule has 0 spiro atoms. The summed E-state index contributed by atoms with van der Waals surface area (Å²) in [6.07, 6.45) is -0.721. The van der Waals surface area contributed by atoms with E-state index in [4.69, 9.17) is 10.00 Å². The quantitative estimate of drug-likeness (QED) is 0.721. The second-order valence-electron chi connectivity index (χ2n) is 8.46. The number of methoxy groups -OCH3 is 1. The molecule has 168 valence electrons. The van der Waals surface area contributed by atoms with Gasteiger partial charge in [-0.05, 0) is 42.7 Å². The third-order valence-corrected chi connectivity index (χ3v) is 6.51. The Hall–Kier alpha value is -3.12. The number of hydrogen-bond acceptors (Lipinski definition) is 5. The molecule has 3 heterocycles. The molecule has 1 amide bonds. The molecular formula is C23H23F3N4O2. The monoisotopic (exact) mass is 444 g/mol. The fourth-order valence-electron chi connectivity index (χ4n) is 4.99. The summed E-state index contributed by atoms with van der Waals surface area (Å²) in [4.78, 5) is 20.7. The Morgan fingerprint density at radius 2 is 2.03 bits per heavy atom. The molecule has 2 atom stereocenters. The van der Waals surface area contributed by atoms with Gasteiger partial charge < -0.3 is 14.5 Å². The van der Waals surface area contributed by atoms with E-state index in [-0.39, 0.29) is 17.2 Å². The summed E-state index contributed by atoms with van der Waals surface area (Å²) in [7, 11) is 1.60. The van der Waals surface area contributed by atoms with Gasteiger partial charge in [0.1, 0.15) is 0 Å². The fourth-order valence-corrected chi connectivity index (χ4v) is 4.99. The largest absolute Gasteiger partial charge is 0.417 e. The third kappa shape index (κ3) is 4.02. The van der Waals surface area contributed by atoms with Gasteiger partial charge >= 0.3 is 6.18 Å². The van der Waals surface area contributed by atoms with E-state index in [0.29, 0.717) is 44.0 Å². The number of alkyl halides is 3. The van der Waals surface area contributed by atoms with Crippen LogP contribution < -0.4 is 4.90 Å². The number of carbonyl (C=O) groups is 1. The molecule has 2 aliphatic heterocycles. The van der Waals surface area contributed by atoms with Gasteiger partial charge in [-0.25, -0.2) is 0 Å². The Bertz CT molecular complexity index is 1040. The minimum absolute atomic E-state index is 0.0856. The number of nitriles is 1. The number of piperidine rings is 1. The topological polar surface area (TPSA) is 69.5 Å². The minimum Gasteiger partial charge on any atom is -0.384 e. The van der Waals surface area contributed by atoms with Gasteiger partial charge in [0.05, 0.1) is 23.8 Å². The number of aromatic nitrogens is 1. The van der Waals surface area contributed by atoms with Crippen LogP contribution in [0.4, 0.5) is 18.9 Å². The zero-order valence-electron chi connectivity index (χ0n) is 17.6. The summed E-state index contributed by atoms with van der Waals surface area (Å²) in [6.45, 7) is 2.48. The normalized spacial score (nSPS) is 23.0. The summed E-state index contributed by atoms with van der Waals surface area (Å²) >= 11 is 0. The highest BCUT2D eigenvalue weighted by molar-refractivity contribution is 5.94. The first-order valence-corrected chi connectivity index (χ1v) is 10.3. The van der Waals surface area contributed by atoms with Crippen LogP contribution in [0.15, 0.2) is 42.7 Å². The van der Waals surface area contributed by atoms with Crippen LogP contribution >= 0.6 is 0 Å². The number of ether oxygens (including phenoxy) is 1. The van der Waals surface area contributed by atoms with Crippen molar-refractivity contribution in [3.05, 3.63) is 59.4 Å². The number of carbonyl (C=O) groups excluding carboxylic acids is 1. The van der Waals surface area contributed by atoms with Gasteiger partial charge in [0.15, 0.2) is 0 Å². The van der Waals surface area contributed by atoms with Gasteiger partial charge in [-0.2, -0.15) is 18.4 Å². The number of likely N-dealkylation sites (tertiary alicyclic amines) is 1. The zero-order valence-corrected chi connectivity index (χ0v) is 17.6. The van der Waals surface area contributed by atoms with Crippen molar-refractivity contribution >= 4 is 11.6 Å². The Labute approximate surface area is 184 Å². The summed E-state index contributed by atoms with van der Waals surface area (Å²) in [6, 6.07) is 8.81. The fraction of sp³-hybridized carbons (Fsp3) is 0.435. The molecule has 1 aromatic carbocycles. The predicted molar refractivity (Wildman–Crippen MR) is 111 cm³/mol. The Morgan fingerprint density at radius 3 is 2.69 bits per heavy atom. The number of pyridine rings is 1. The lowest BCUT2D eigenvalue weighted by molar-refractivity contribution is -0.137. The molecule has 0 radical (unpaired) electrons. The van der Waals surface area contributed by atoms with Crippen LogP contribution in [0.5, 0.6) is 0 Å². The average Bonchev–Trinajstić information content (AvgIpc) is 3.17. The van der Waals surface area contributed by atoms with E-state index in [9.17, 15) is 18.0 Å². The number of anilines is 1. The number of fused-ring (bicyclic) bond motifs is 1. The molecule has 2 aliphatic rings. The first-order valence-electron chi connectivity index (χ1n) is 10.3. The van der Waals surface area contributed by atoms with Crippen molar-refractivity contribution in [1.82, 2.24) is 9.88 Å². The van der Waals surface area contributed by atoms with Crippen molar-refractivity contribution < 1.29 is 22.7 Å². The van der Waals surface area contributed by atoms with Crippen LogP contribution in [-0.4, -0.2) is 55.7 Å². The first-order chi connectivity index (χ1) is 15.3. The Kier molecular flexibility index (Phi) is 5.82. The molecule has 1 aromatic heterocycles. The summed E-state index contributed by atoms with van der Waals surface area (Å²) in [5.74, 6) is 0.0893. The van der Waals surface area contributed by atoms with Crippen molar-refractivity contribution in [1.29, 1.82) is 5.26 Å². The van der Waals surface area contributed by atoms with E-state index in [2.05, 4.69) is 4.98 Å².